The van der Waals surface area contributed by atoms with E-state index in [4.69, 9.17) is 0 Å². The number of carbonyl (C=O) groups is 1. The summed E-state index contributed by atoms with van der Waals surface area (Å²) in [5.74, 6) is 1.58. The number of aryl methyl sites for hydroxylation is 1. The van der Waals surface area contributed by atoms with E-state index >= 15 is 0 Å². The molecule has 2 N–H and O–H groups in total. The third-order valence-electron chi connectivity index (χ3n) is 4.50. The normalized spacial score (nSPS) is 16.9. The van der Waals surface area contributed by atoms with Crippen molar-refractivity contribution in [1.29, 1.82) is 0 Å². The predicted octanol–water partition coefficient (Wildman–Crippen LogP) is 3.28. The number of aromatic nitrogens is 3. The highest BCUT2D eigenvalue weighted by molar-refractivity contribution is 6.03. The fourth-order valence-corrected chi connectivity index (χ4v) is 2.94. The summed E-state index contributed by atoms with van der Waals surface area (Å²) in [6.07, 6.45) is 9.85. The second kappa shape index (κ2) is 5.40. The van der Waals surface area contributed by atoms with Gasteiger partial charge in [0.2, 0.25) is 5.95 Å². The molecule has 1 amide bonds. The molecule has 5 nitrogen and oxygen atoms in total. The van der Waals surface area contributed by atoms with Crippen molar-refractivity contribution < 1.29 is 4.79 Å². The molecule has 2 aromatic rings. The molecule has 1 saturated carbocycles. The summed E-state index contributed by atoms with van der Waals surface area (Å²) >= 11 is 0. The molecule has 112 valence electrons. The van der Waals surface area contributed by atoms with Crippen LogP contribution in [0.2, 0.25) is 0 Å². The van der Waals surface area contributed by atoms with E-state index in [0.717, 1.165) is 31.5 Å². The summed E-state index contributed by atoms with van der Waals surface area (Å²) in [4.78, 5) is 16.7. The number of aromatic amines is 1. The number of benzene rings is 1. The van der Waals surface area contributed by atoms with Gasteiger partial charge in [0.25, 0.3) is 5.91 Å². The number of carbonyl (C=O) groups excluding carboxylic acids is 1. The zero-order valence-electron chi connectivity index (χ0n) is 12.3. The molecule has 1 heterocycles. The molecule has 2 aliphatic rings. The van der Waals surface area contributed by atoms with Gasteiger partial charge in [-0.3, -0.25) is 15.2 Å². The Balaban J connectivity index is 1.49. The molecule has 1 aromatic heterocycles. The molecule has 0 unspecified atom stereocenters. The van der Waals surface area contributed by atoms with Gasteiger partial charge in [0.05, 0.1) is 0 Å². The lowest BCUT2D eigenvalue weighted by molar-refractivity contribution is 0.102. The minimum absolute atomic E-state index is 0.156. The summed E-state index contributed by atoms with van der Waals surface area (Å²) in [6.45, 7) is 0. The molecule has 2 aliphatic carbocycles. The Kier molecular flexibility index (Phi) is 3.25. The number of fused-ring (bicyclic) bond motifs is 1. The van der Waals surface area contributed by atoms with Crippen molar-refractivity contribution >= 4 is 17.9 Å². The molecule has 5 heteroatoms. The van der Waals surface area contributed by atoms with Gasteiger partial charge in [0.15, 0.2) is 0 Å². The highest BCUT2D eigenvalue weighted by Crippen LogP contribution is 2.34. The topological polar surface area (TPSA) is 70.7 Å². The van der Waals surface area contributed by atoms with E-state index in [9.17, 15) is 4.79 Å². The Hall–Kier alpha value is -2.43. The third kappa shape index (κ3) is 2.43. The first-order valence-corrected chi connectivity index (χ1v) is 7.83. The maximum Gasteiger partial charge on any atom is 0.258 e. The first-order valence-electron chi connectivity index (χ1n) is 7.83. The van der Waals surface area contributed by atoms with Crippen LogP contribution in [-0.2, 0) is 6.42 Å². The summed E-state index contributed by atoms with van der Waals surface area (Å²) in [6, 6.07) is 5.81. The van der Waals surface area contributed by atoms with Crippen molar-refractivity contribution in [2.24, 2.45) is 0 Å². The summed E-state index contributed by atoms with van der Waals surface area (Å²) in [7, 11) is 0. The van der Waals surface area contributed by atoms with Crippen LogP contribution in [0.4, 0.5) is 5.95 Å². The number of rotatable bonds is 3. The van der Waals surface area contributed by atoms with E-state index in [-0.39, 0.29) is 5.91 Å². The van der Waals surface area contributed by atoms with Crippen LogP contribution in [-0.4, -0.2) is 21.1 Å². The van der Waals surface area contributed by atoms with Gasteiger partial charge in [-0.1, -0.05) is 24.6 Å². The maximum absolute atomic E-state index is 12.3. The highest BCUT2D eigenvalue weighted by atomic mass is 16.1. The minimum atomic E-state index is -0.156. The molecule has 0 atom stereocenters. The number of H-pyrrole nitrogens is 1. The smallest absolute Gasteiger partial charge is 0.258 e. The summed E-state index contributed by atoms with van der Waals surface area (Å²) in [5, 5.41) is 9.80. The van der Waals surface area contributed by atoms with E-state index in [2.05, 4.69) is 32.7 Å². The van der Waals surface area contributed by atoms with Gasteiger partial charge < -0.3 is 0 Å². The molecule has 0 bridgehead atoms. The van der Waals surface area contributed by atoms with Crippen molar-refractivity contribution in [1.82, 2.24) is 15.2 Å². The number of allylic oxidation sites excluding steroid dienone is 1. The van der Waals surface area contributed by atoms with Crippen LogP contribution < -0.4 is 5.32 Å². The molecule has 1 aromatic carbocycles. The Morgan fingerprint density at radius 3 is 3.05 bits per heavy atom. The van der Waals surface area contributed by atoms with E-state index in [1.807, 2.05) is 18.2 Å². The predicted molar refractivity (Wildman–Crippen MR) is 84.7 cm³/mol. The number of amides is 1. The van der Waals surface area contributed by atoms with Gasteiger partial charge in [-0.2, -0.15) is 4.98 Å². The second-order valence-electron chi connectivity index (χ2n) is 5.98. The molecule has 0 aliphatic heterocycles. The van der Waals surface area contributed by atoms with E-state index in [1.165, 1.54) is 17.5 Å². The van der Waals surface area contributed by atoms with Crippen molar-refractivity contribution in [3.63, 3.8) is 0 Å². The van der Waals surface area contributed by atoms with Gasteiger partial charge in [-0.05, 0) is 48.9 Å². The molecule has 4 rings (SSSR count). The van der Waals surface area contributed by atoms with E-state index in [1.54, 1.807) is 0 Å². The first kappa shape index (κ1) is 13.2. The van der Waals surface area contributed by atoms with Crippen LogP contribution in [0.15, 0.2) is 24.3 Å². The molecule has 0 radical (unpaired) electrons. The Bertz CT molecular complexity index is 743. The van der Waals surface area contributed by atoms with Crippen LogP contribution in [0.25, 0.3) is 6.08 Å². The van der Waals surface area contributed by atoms with Crippen LogP contribution in [0.3, 0.4) is 0 Å². The number of hydrogen-bond donors (Lipinski definition) is 2. The van der Waals surface area contributed by atoms with E-state index < -0.39 is 0 Å². The van der Waals surface area contributed by atoms with Crippen LogP contribution in [0.5, 0.6) is 0 Å². The highest BCUT2D eigenvalue weighted by Gasteiger charge is 2.23. The minimum Gasteiger partial charge on any atom is -0.289 e. The van der Waals surface area contributed by atoms with Crippen molar-refractivity contribution in [2.75, 3.05) is 5.32 Å². The van der Waals surface area contributed by atoms with Crippen LogP contribution >= 0.6 is 0 Å². The Labute approximate surface area is 128 Å². The van der Waals surface area contributed by atoms with Crippen molar-refractivity contribution in [3.05, 3.63) is 46.8 Å². The zero-order chi connectivity index (χ0) is 14.9. The quantitative estimate of drug-likeness (QED) is 0.912. The summed E-state index contributed by atoms with van der Waals surface area (Å²) in [5.41, 5.74) is 3.08. The van der Waals surface area contributed by atoms with Gasteiger partial charge in [0.1, 0.15) is 5.82 Å². The fraction of sp³-hybridized carbons (Fsp3) is 0.353. The lowest BCUT2D eigenvalue weighted by atomic mass is 9.85. The van der Waals surface area contributed by atoms with Gasteiger partial charge in [0, 0.05) is 11.5 Å². The van der Waals surface area contributed by atoms with Gasteiger partial charge >= 0.3 is 0 Å². The average molecular weight is 294 g/mol. The number of nitrogens with zero attached hydrogens (tertiary/aromatic N) is 2. The molecular formula is C17H18N4O. The number of anilines is 1. The molecular weight excluding hydrogens is 276 g/mol. The monoisotopic (exact) mass is 294 g/mol. The number of nitrogens with one attached hydrogen (secondary N) is 2. The third-order valence-corrected chi connectivity index (χ3v) is 4.50. The molecule has 1 fully saturated rings. The maximum atomic E-state index is 12.3. The molecule has 22 heavy (non-hydrogen) atoms. The summed E-state index contributed by atoms with van der Waals surface area (Å²) < 4.78 is 0. The molecule has 0 saturated heterocycles. The van der Waals surface area contributed by atoms with Crippen LogP contribution in [0, 0.1) is 0 Å². The first-order chi connectivity index (χ1) is 10.8. The SMILES string of the molecule is O=C(Nc1n[nH]c(C2CCC2)n1)c1ccc2c(c1)CCC=C2. The van der Waals surface area contributed by atoms with Gasteiger partial charge in [-0.25, -0.2) is 0 Å². The molecule has 0 spiro atoms. The Morgan fingerprint density at radius 2 is 2.23 bits per heavy atom. The van der Waals surface area contributed by atoms with Crippen LogP contribution in [0.1, 0.15) is 58.9 Å². The number of hydrogen-bond acceptors (Lipinski definition) is 3. The average Bonchev–Trinajstić information content (AvgIpc) is 2.93. The van der Waals surface area contributed by atoms with E-state index in [0.29, 0.717) is 17.4 Å². The Morgan fingerprint density at radius 1 is 1.32 bits per heavy atom. The lowest BCUT2D eigenvalue weighted by Crippen LogP contribution is -2.14. The van der Waals surface area contributed by atoms with Crippen molar-refractivity contribution in [3.8, 4) is 0 Å². The standard InChI is InChI=1S/C17H18N4O/c22-16(14-9-8-11-4-1-2-5-13(11)10-14)19-17-18-15(20-21-17)12-6-3-7-12/h1,4,8-10,12H,2-3,5-7H2,(H2,18,19,20,21,22). The van der Waals surface area contributed by atoms with Crippen molar-refractivity contribution in [2.45, 2.75) is 38.0 Å². The largest absolute Gasteiger partial charge is 0.289 e. The fourth-order valence-electron chi connectivity index (χ4n) is 2.94. The lowest BCUT2D eigenvalue weighted by Gasteiger charge is -2.22. The van der Waals surface area contributed by atoms with Gasteiger partial charge in [-0.15, -0.1) is 5.10 Å². The zero-order valence-corrected chi connectivity index (χ0v) is 12.3. The second-order valence-corrected chi connectivity index (χ2v) is 5.98.